The van der Waals surface area contributed by atoms with Crippen molar-refractivity contribution in [2.24, 2.45) is 10.9 Å². The largest absolute Gasteiger partial charge is 0.466 e. The van der Waals surface area contributed by atoms with Gasteiger partial charge in [0.05, 0.1) is 19.1 Å². The molecule has 184 valence electrons. The van der Waals surface area contributed by atoms with E-state index in [1.807, 2.05) is 18.7 Å². The molecule has 11 heteroatoms. The van der Waals surface area contributed by atoms with Crippen molar-refractivity contribution in [1.82, 2.24) is 25.1 Å². The zero-order valence-corrected chi connectivity index (χ0v) is 21.9. The summed E-state index contributed by atoms with van der Waals surface area (Å²) >= 11 is 0. The summed E-state index contributed by atoms with van der Waals surface area (Å²) in [5.74, 6) is 1.52. The Morgan fingerprint density at radius 1 is 1.06 bits per heavy atom. The van der Waals surface area contributed by atoms with Gasteiger partial charge in [-0.1, -0.05) is 0 Å². The van der Waals surface area contributed by atoms with Crippen molar-refractivity contribution in [3.63, 3.8) is 0 Å². The van der Waals surface area contributed by atoms with Gasteiger partial charge in [-0.2, -0.15) is 0 Å². The number of anilines is 1. The minimum atomic E-state index is -0.0985. The van der Waals surface area contributed by atoms with Crippen molar-refractivity contribution in [2.45, 2.75) is 33.1 Å². The summed E-state index contributed by atoms with van der Waals surface area (Å²) in [7, 11) is 0. The molecule has 1 N–H and O–H groups in total. The highest BCUT2D eigenvalue weighted by Crippen LogP contribution is 2.19. The van der Waals surface area contributed by atoms with Gasteiger partial charge in [0.1, 0.15) is 0 Å². The molecule has 2 fully saturated rings. The molecule has 0 spiro atoms. The zero-order chi connectivity index (χ0) is 22.8. The van der Waals surface area contributed by atoms with Crippen LogP contribution in [0.15, 0.2) is 23.5 Å². The molecule has 0 unspecified atom stereocenters. The first-order chi connectivity index (χ1) is 15.6. The molecule has 0 radical (unpaired) electrons. The first kappa shape index (κ1) is 27.1. The fourth-order valence-electron chi connectivity index (χ4n) is 4.04. The number of amides is 1. The highest BCUT2D eigenvalue weighted by molar-refractivity contribution is 14.0. The number of aliphatic imine (C=N–C) groups is 1. The predicted octanol–water partition coefficient (Wildman–Crippen LogP) is 1.37. The lowest BCUT2D eigenvalue weighted by atomic mass is 9.97. The van der Waals surface area contributed by atoms with E-state index >= 15 is 0 Å². The fraction of sp³-hybridized carbons (Fsp3) is 0.682. The summed E-state index contributed by atoms with van der Waals surface area (Å²) in [6, 6.07) is 1.80. The molecule has 1 amide bonds. The summed E-state index contributed by atoms with van der Waals surface area (Å²) < 4.78 is 5.15. The highest BCUT2D eigenvalue weighted by atomic mass is 127. The van der Waals surface area contributed by atoms with Gasteiger partial charge >= 0.3 is 5.97 Å². The first-order valence-electron chi connectivity index (χ1n) is 11.6. The van der Waals surface area contributed by atoms with E-state index in [9.17, 15) is 9.59 Å². The number of ether oxygens (including phenoxy) is 1. The molecule has 2 aliphatic rings. The van der Waals surface area contributed by atoms with E-state index in [4.69, 9.17) is 4.74 Å². The van der Waals surface area contributed by atoms with Crippen LogP contribution in [0.2, 0.25) is 0 Å². The average Bonchev–Trinajstić information content (AvgIpc) is 2.84. The maximum Gasteiger partial charge on any atom is 0.309 e. The highest BCUT2D eigenvalue weighted by Gasteiger charge is 2.27. The lowest BCUT2D eigenvalue weighted by Gasteiger charge is -2.35. The van der Waals surface area contributed by atoms with Crippen LogP contribution in [-0.4, -0.2) is 96.6 Å². The van der Waals surface area contributed by atoms with Crippen LogP contribution in [0.3, 0.4) is 0 Å². The van der Waals surface area contributed by atoms with Gasteiger partial charge in [-0.3, -0.25) is 14.6 Å². The molecule has 2 aliphatic heterocycles. The monoisotopic (exact) mass is 573 g/mol. The third-order valence-corrected chi connectivity index (χ3v) is 5.80. The van der Waals surface area contributed by atoms with Gasteiger partial charge in [-0.25, -0.2) is 9.97 Å². The average molecular weight is 573 g/mol. The number of rotatable bonds is 7. The van der Waals surface area contributed by atoms with Crippen LogP contribution in [0.1, 0.15) is 33.1 Å². The molecule has 0 aromatic carbocycles. The third kappa shape index (κ3) is 7.97. The summed E-state index contributed by atoms with van der Waals surface area (Å²) in [5.41, 5.74) is 0. The second-order valence-electron chi connectivity index (χ2n) is 7.92. The zero-order valence-electron chi connectivity index (χ0n) is 19.6. The standard InChI is InChI=1S/C22H35N7O3.HI/c1-3-23-21(28-12-7-18(8-13-28)20(31)32-4-2)26-11-6-19(30)27-14-16-29(17-15-27)22-24-9-5-10-25-22;/h5,9-10,18H,3-4,6-8,11-17H2,1-2H3,(H,23,26);1H. The molecule has 10 nitrogen and oxygen atoms in total. The van der Waals surface area contributed by atoms with Crippen molar-refractivity contribution >= 4 is 47.8 Å². The Labute approximate surface area is 213 Å². The number of hydrogen-bond donors (Lipinski definition) is 1. The summed E-state index contributed by atoms with van der Waals surface area (Å²) in [6.07, 6.45) is 5.38. The molecule has 33 heavy (non-hydrogen) atoms. The number of carbonyl (C=O) groups is 2. The number of carbonyl (C=O) groups excluding carboxylic acids is 2. The Hall–Kier alpha value is -2.18. The van der Waals surface area contributed by atoms with Crippen LogP contribution >= 0.6 is 24.0 Å². The van der Waals surface area contributed by atoms with Crippen LogP contribution in [0.25, 0.3) is 0 Å². The maximum absolute atomic E-state index is 12.7. The summed E-state index contributed by atoms with van der Waals surface area (Å²) in [6.45, 7) is 9.81. The second-order valence-corrected chi connectivity index (χ2v) is 7.92. The van der Waals surface area contributed by atoms with Crippen LogP contribution in [0.5, 0.6) is 0 Å². The van der Waals surface area contributed by atoms with E-state index < -0.39 is 0 Å². The van der Waals surface area contributed by atoms with E-state index in [0.29, 0.717) is 38.6 Å². The molecule has 1 aromatic heterocycles. The quantitative estimate of drug-likeness (QED) is 0.226. The van der Waals surface area contributed by atoms with E-state index in [-0.39, 0.29) is 41.8 Å². The molecule has 3 heterocycles. The number of hydrogen-bond acceptors (Lipinski definition) is 7. The van der Waals surface area contributed by atoms with Crippen molar-refractivity contribution in [2.75, 3.05) is 63.9 Å². The van der Waals surface area contributed by atoms with E-state index in [1.165, 1.54) is 0 Å². The molecular weight excluding hydrogens is 537 g/mol. The lowest BCUT2D eigenvalue weighted by molar-refractivity contribution is -0.149. The van der Waals surface area contributed by atoms with Crippen LogP contribution in [-0.2, 0) is 14.3 Å². The second kappa shape index (κ2) is 14.2. The van der Waals surface area contributed by atoms with Gasteiger partial charge in [0.2, 0.25) is 11.9 Å². The SMILES string of the molecule is CCNC(=NCCC(=O)N1CCN(c2ncccn2)CC1)N1CCC(C(=O)OCC)CC1.I. The summed E-state index contributed by atoms with van der Waals surface area (Å²) in [4.78, 5) is 44.0. The van der Waals surface area contributed by atoms with Gasteiger partial charge in [0, 0.05) is 64.6 Å². The summed E-state index contributed by atoms with van der Waals surface area (Å²) in [5, 5.41) is 3.31. The smallest absolute Gasteiger partial charge is 0.309 e. The Morgan fingerprint density at radius 3 is 2.33 bits per heavy atom. The molecule has 0 saturated carbocycles. The Bertz CT molecular complexity index is 765. The normalized spacial score (nSPS) is 17.4. The minimum absolute atomic E-state index is 0. The maximum atomic E-state index is 12.7. The Kier molecular flexibility index (Phi) is 11.6. The Morgan fingerprint density at radius 2 is 1.73 bits per heavy atom. The van der Waals surface area contributed by atoms with Gasteiger partial charge < -0.3 is 24.8 Å². The van der Waals surface area contributed by atoms with E-state index in [0.717, 1.165) is 51.5 Å². The van der Waals surface area contributed by atoms with Crippen LogP contribution < -0.4 is 10.2 Å². The van der Waals surface area contributed by atoms with Crippen molar-refractivity contribution in [3.05, 3.63) is 18.5 Å². The van der Waals surface area contributed by atoms with Crippen molar-refractivity contribution in [1.29, 1.82) is 0 Å². The van der Waals surface area contributed by atoms with Gasteiger partial charge in [-0.15, -0.1) is 24.0 Å². The molecule has 3 rings (SSSR count). The molecule has 0 atom stereocenters. The third-order valence-electron chi connectivity index (χ3n) is 5.80. The van der Waals surface area contributed by atoms with Crippen molar-refractivity contribution in [3.8, 4) is 0 Å². The van der Waals surface area contributed by atoms with Crippen LogP contribution in [0, 0.1) is 5.92 Å². The minimum Gasteiger partial charge on any atom is -0.466 e. The number of likely N-dealkylation sites (tertiary alicyclic amines) is 1. The number of piperazine rings is 1. The van der Waals surface area contributed by atoms with Crippen LogP contribution in [0.4, 0.5) is 5.95 Å². The topological polar surface area (TPSA) is 103 Å². The molecule has 0 aliphatic carbocycles. The lowest BCUT2D eigenvalue weighted by Crippen LogP contribution is -2.49. The molecule has 2 saturated heterocycles. The van der Waals surface area contributed by atoms with Crippen molar-refractivity contribution < 1.29 is 14.3 Å². The molecule has 0 bridgehead atoms. The number of nitrogens with one attached hydrogen (secondary N) is 1. The number of nitrogens with zero attached hydrogens (tertiary/aromatic N) is 6. The molecule has 1 aromatic rings. The van der Waals surface area contributed by atoms with E-state index in [2.05, 4.69) is 30.1 Å². The fourth-order valence-corrected chi connectivity index (χ4v) is 4.04. The number of aromatic nitrogens is 2. The number of esters is 1. The Balaban J connectivity index is 0.00000385. The van der Waals surface area contributed by atoms with Gasteiger partial charge in [0.25, 0.3) is 0 Å². The number of halogens is 1. The number of guanidine groups is 1. The molecular formula is C22H36IN7O3. The number of piperidine rings is 1. The first-order valence-corrected chi connectivity index (χ1v) is 11.6. The predicted molar refractivity (Wildman–Crippen MR) is 138 cm³/mol. The van der Waals surface area contributed by atoms with Gasteiger partial charge in [-0.05, 0) is 32.8 Å². The van der Waals surface area contributed by atoms with E-state index in [1.54, 1.807) is 18.5 Å². The van der Waals surface area contributed by atoms with Gasteiger partial charge in [0.15, 0.2) is 5.96 Å².